The summed E-state index contributed by atoms with van der Waals surface area (Å²) in [5, 5.41) is 22.4. The summed E-state index contributed by atoms with van der Waals surface area (Å²) < 4.78 is 5.09. The van der Waals surface area contributed by atoms with Gasteiger partial charge in [-0.25, -0.2) is 0 Å². The summed E-state index contributed by atoms with van der Waals surface area (Å²) in [7, 11) is 0. The van der Waals surface area contributed by atoms with Crippen LogP contribution in [0.1, 0.15) is 19.7 Å². The molecule has 0 atom stereocenters. The number of phenolic OH excluding ortho intramolecular Hbond substituents is 2. The van der Waals surface area contributed by atoms with E-state index in [1.807, 2.05) is 0 Å². The molecule has 1 aromatic heterocycles. The van der Waals surface area contributed by atoms with Crippen molar-refractivity contribution in [3.63, 3.8) is 0 Å². The van der Waals surface area contributed by atoms with E-state index in [2.05, 4.69) is 24.0 Å². The average molecular weight is 234 g/mol. The molecular weight excluding hydrogens is 220 g/mol. The summed E-state index contributed by atoms with van der Waals surface area (Å²) in [6, 6.07) is 4.39. The van der Waals surface area contributed by atoms with Gasteiger partial charge in [-0.2, -0.15) is 4.98 Å². The molecule has 2 aromatic rings. The minimum absolute atomic E-state index is 0.171. The molecular formula is C12H14N2O3. The van der Waals surface area contributed by atoms with Crippen LogP contribution in [0.5, 0.6) is 11.5 Å². The van der Waals surface area contributed by atoms with Crippen molar-refractivity contribution in [3.8, 4) is 23.0 Å². The van der Waals surface area contributed by atoms with Crippen molar-refractivity contribution >= 4 is 0 Å². The summed E-state index contributed by atoms with van der Waals surface area (Å²) in [6.07, 6.45) is 0.744. The highest BCUT2D eigenvalue weighted by atomic mass is 16.5. The van der Waals surface area contributed by atoms with Crippen LogP contribution in [0.2, 0.25) is 0 Å². The van der Waals surface area contributed by atoms with Gasteiger partial charge in [0.2, 0.25) is 0 Å². The third-order valence-electron chi connectivity index (χ3n) is 2.28. The molecule has 2 N–H and O–H groups in total. The first-order valence-corrected chi connectivity index (χ1v) is 5.41. The maximum Gasteiger partial charge on any atom is 0.258 e. The molecule has 17 heavy (non-hydrogen) atoms. The van der Waals surface area contributed by atoms with Crippen LogP contribution in [0.15, 0.2) is 22.7 Å². The summed E-state index contributed by atoms with van der Waals surface area (Å²) >= 11 is 0. The predicted molar refractivity (Wildman–Crippen MR) is 61.6 cm³/mol. The first-order valence-electron chi connectivity index (χ1n) is 5.41. The Labute approximate surface area is 98.7 Å². The number of aromatic hydroxyl groups is 2. The molecule has 0 saturated heterocycles. The molecule has 0 aliphatic heterocycles. The van der Waals surface area contributed by atoms with Gasteiger partial charge < -0.3 is 14.7 Å². The maximum atomic E-state index is 9.37. The van der Waals surface area contributed by atoms with Crippen LogP contribution in [0.25, 0.3) is 11.5 Å². The van der Waals surface area contributed by atoms with E-state index in [9.17, 15) is 10.2 Å². The molecule has 0 bridgehead atoms. The topological polar surface area (TPSA) is 79.4 Å². The number of nitrogens with zero attached hydrogens (tertiary/aromatic N) is 2. The third kappa shape index (κ3) is 2.55. The van der Waals surface area contributed by atoms with Gasteiger partial charge in [-0.05, 0) is 24.1 Å². The zero-order valence-corrected chi connectivity index (χ0v) is 9.71. The molecule has 90 valence electrons. The van der Waals surface area contributed by atoms with Crippen molar-refractivity contribution < 1.29 is 14.7 Å². The van der Waals surface area contributed by atoms with E-state index in [4.69, 9.17) is 4.52 Å². The third-order valence-corrected chi connectivity index (χ3v) is 2.28. The smallest absolute Gasteiger partial charge is 0.258 e. The van der Waals surface area contributed by atoms with E-state index >= 15 is 0 Å². The normalized spacial score (nSPS) is 11.0. The molecule has 1 aromatic carbocycles. The summed E-state index contributed by atoms with van der Waals surface area (Å²) in [6.45, 7) is 4.14. The molecule has 0 amide bonds. The molecule has 0 fully saturated rings. The van der Waals surface area contributed by atoms with Crippen LogP contribution >= 0.6 is 0 Å². The molecule has 0 radical (unpaired) electrons. The number of aromatic nitrogens is 2. The Morgan fingerprint density at radius 3 is 2.65 bits per heavy atom. The first-order chi connectivity index (χ1) is 8.06. The van der Waals surface area contributed by atoms with Gasteiger partial charge in [-0.1, -0.05) is 19.0 Å². The van der Waals surface area contributed by atoms with Crippen LogP contribution in [-0.2, 0) is 6.42 Å². The highest BCUT2D eigenvalue weighted by Crippen LogP contribution is 2.29. The standard InChI is InChI=1S/C12H14N2O3/c1-7(2)5-11-13-12(17-14-11)8-3-4-9(15)10(16)6-8/h3-4,6-7,15-16H,5H2,1-2H3. The minimum atomic E-state index is -0.203. The van der Waals surface area contributed by atoms with E-state index in [1.54, 1.807) is 6.07 Å². The second kappa shape index (κ2) is 4.45. The number of hydrogen-bond acceptors (Lipinski definition) is 5. The average Bonchev–Trinajstić information content (AvgIpc) is 2.69. The van der Waals surface area contributed by atoms with Crippen LogP contribution in [0.4, 0.5) is 0 Å². The largest absolute Gasteiger partial charge is 0.504 e. The summed E-state index contributed by atoms with van der Waals surface area (Å²) in [5.74, 6) is 1.06. The zero-order valence-electron chi connectivity index (χ0n) is 9.71. The van der Waals surface area contributed by atoms with Crippen LogP contribution in [-0.4, -0.2) is 20.4 Å². The molecule has 0 saturated carbocycles. The van der Waals surface area contributed by atoms with Crippen molar-refractivity contribution in [3.05, 3.63) is 24.0 Å². The lowest BCUT2D eigenvalue weighted by Crippen LogP contribution is -1.95. The molecule has 0 aliphatic rings. The van der Waals surface area contributed by atoms with Crippen molar-refractivity contribution in [1.29, 1.82) is 0 Å². The predicted octanol–water partition coefficient (Wildman–Crippen LogP) is 2.35. The van der Waals surface area contributed by atoms with Gasteiger partial charge in [0.1, 0.15) is 0 Å². The summed E-state index contributed by atoms with van der Waals surface area (Å²) in [4.78, 5) is 4.22. The van der Waals surface area contributed by atoms with Gasteiger partial charge in [-0.3, -0.25) is 0 Å². The molecule has 1 heterocycles. The highest BCUT2D eigenvalue weighted by molar-refractivity contribution is 5.58. The highest BCUT2D eigenvalue weighted by Gasteiger charge is 2.11. The van der Waals surface area contributed by atoms with Gasteiger partial charge in [0.15, 0.2) is 17.3 Å². The van der Waals surface area contributed by atoms with Crippen LogP contribution in [0.3, 0.4) is 0 Å². The Morgan fingerprint density at radius 1 is 1.24 bits per heavy atom. The second-order valence-corrected chi connectivity index (χ2v) is 4.32. The number of rotatable bonds is 3. The van der Waals surface area contributed by atoms with E-state index in [0.29, 0.717) is 23.2 Å². The molecule has 2 rings (SSSR count). The molecule has 0 aliphatic carbocycles. The SMILES string of the molecule is CC(C)Cc1noc(-c2ccc(O)c(O)c2)n1. The Morgan fingerprint density at radius 2 is 2.00 bits per heavy atom. The Bertz CT molecular complexity index is 520. The Balaban J connectivity index is 2.27. The van der Waals surface area contributed by atoms with E-state index in [-0.39, 0.29) is 11.5 Å². The van der Waals surface area contributed by atoms with E-state index < -0.39 is 0 Å². The quantitative estimate of drug-likeness (QED) is 0.797. The number of benzene rings is 1. The van der Waals surface area contributed by atoms with Crippen molar-refractivity contribution in [1.82, 2.24) is 10.1 Å². The fraction of sp³-hybridized carbons (Fsp3) is 0.333. The summed E-state index contributed by atoms with van der Waals surface area (Å²) in [5.41, 5.74) is 0.586. The van der Waals surface area contributed by atoms with Gasteiger partial charge in [-0.15, -0.1) is 0 Å². The minimum Gasteiger partial charge on any atom is -0.504 e. The lowest BCUT2D eigenvalue weighted by molar-refractivity contribution is 0.402. The van der Waals surface area contributed by atoms with Gasteiger partial charge in [0, 0.05) is 12.0 Å². The number of phenols is 2. The lowest BCUT2D eigenvalue weighted by atomic mass is 10.1. The molecule has 0 unspecified atom stereocenters. The van der Waals surface area contributed by atoms with E-state index in [0.717, 1.165) is 6.42 Å². The maximum absolute atomic E-state index is 9.37. The van der Waals surface area contributed by atoms with Crippen molar-refractivity contribution in [2.45, 2.75) is 20.3 Å². The zero-order chi connectivity index (χ0) is 12.4. The second-order valence-electron chi connectivity index (χ2n) is 4.32. The van der Waals surface area contributed by atoms with Gasteiger partial charge >= 0.3 is 0 Å². The van der Waals surface area contributed by atoms with Crippen molar-refractivity contribution in [2.75, 3.05) is 0 Å². The molecule has 5 nitrogen and oxygen atoms in total. The van der Waals surface area contributed by atoms with E-state index in [1.165, 1.54) is 12.1 Å². The monoisotopic (exact) mass is 234 g/mol. The molecule has 5 heteroatoms. The van der Waals surface area contributed by atoms with Gasteiger partial charge in [0.25, 0.3) is 5.89 Å². The van der Waals surface area contributed by atoms with Crippen LogP contribution in [0, 0.1) is 5.92 Å². The number of hydrogen-bond donors (Lipinski definition) is 2. The van der Waals surface area contributed by atoms with Crippen molar-refractivity contribution in [2.24, 2.45) is 5.92 Å². The Hall–Kier alpha value is -2.04. The fourth-order valence-corrected chi connectivity index (χ4v) is 1.48. The van der Waals surface area contributed by atoms with Gasteiger partial charge in [0.05, 0.1) is 0 Å². The lowest BCUT2D eigenvalue weighted by Gasteiger charge is -1.98. The fourth-order valence-electron chi connectivity index (χ4n) is 1.48. The van der Waals surface area contributed by atoms with Crippen LogP contribution < -0.4 is 0 Å². The Kier molecular flexibility index (Phi) is 2.99. The molecule has 0 spiro atoms. The first kappa shape index (κ1) is 11.4.